The lowest BCUT2D eigenvalue weighted by Gasteiger charge is -2.71. The van der Waals surface area contributed by atoms with Crippen LogP contribution in [-0.4, -0.2) is 47.6 Å². The van der Waals surface area contributed by atoms with Gasteiger partial charge < -0.3 is 10.2 Å². The molecule has 1 saturated heterocycles. The Morgan fingerprint density at radius 3 is 2.22 bits per heavy atom. The van der Waals surface area contributed by atoms with E-state index in [0.29, 0.717) is 42.4 Å². The maximum atomic E-state index is 14.3. The Morgan fingerprint density at radius 1 is 0.911 bits per heavy atom. The molecular formula is C38H57NO5S. The number of fused-ring (bicyclic) bond motifs is 7. The van der Waals surface area contributed by atoms with E-state index in [9.17, 15) is 23.4 Å². The van der Waals surface area contributed by atoms with E-state index in [-0.39, 0.29) is 38.9 Å². The minimum atomic E-state index is -3.77. The number of aliphatic hydroxyl groups is 1. The predicted molar refractivity (Wildman–Crippen MR) is 178 cm³/mol. The van der Waals surface area contributed by atoms with Crippen molar-refractivity contribution in [1.82, 2.24) is 4.31 Å². The molecule has 0 amide bonds. The summed E-state index contributed by atoms with van der Waals surface area (Å²) >= 11 is 0. The third-order valence-corrected chi connectivity index (χ3v) is 17.4. The van der Waals surface area contributed by atoms with Gasteiger partial charge in [-0.15, -0.1) is 0 Å². The van der Waals surface area contributed by atoms with Gasteiger partial charge in [0.1, 0.15) is 0 Å². The summed E-state index contributed by atoms with van der Waals surface area (Å²) < 4.78 is 30.4. The number of benzene rings is 1. The van der Waals surface area contributed by atoms with Crippen LogP contribution in [0.2, 0.25) is 0 Å². The van der Waals surface area contributed by atoms with E-state index >= 15 is 0 Å². The van der Waals surface area contributed by atoms with E-state index in [0.717, 1.165) is 44.9 Å². The molecule has 1 unspecified atom stereocenters. The number of hydrogen-bond acceptors (Lipinski definition) is 4. The first-order valence-electron chi connectivity index (χ1n) is 17.6. The Morgan fingerprint density at radius 2 is 1.60 bits per heavy atom. The van der Waals surface area contributed by atoms with Crippen LogP contribution in [0.4, 0.5) is 0 Å². The summed E-state index contributed by atoms with van der Waals surface area (Å²) in [6.07, 6.45) is 10.8. The van der Waals surface area contributed by atoms with Crippen molar-refractivity contribution in [2.75, 3.05) is 13.2 Å². The van der Waals surface area contributed by atoms with Crippen molar-refractivity contribution in [3.8, 4) is 0 Å². The van der Waals surface area contributed by atoms with E-state index in [1.807, 2.05) is 0 Å². The first kappa shape index (κ1) is 33.2. The molecule has 1 aromatic rings. The summed E-state index contributed by atoms with van der Waals surface area (Å²) in [7, 11) is -3.77. The number of hydrogen-bond donors (Lipinski definition) is 2. The topological polar surface area (TPSA) is 94.9 Å². The molecule has 0 aromatic heterocycles. The monoisotopic (exact) mass is 639 g/mol. The number of carboxylic acids is 1. The fraction of sp³-hybridized carbons (Fsp3) is 0.763. The van der Waals surface area contributed by atoms with Crippen molar-refractivity contribution in [2.45, 2.75) is 123 Å². The van der Waals surface area contributed by atoms with Crippen LogP contribution in [0.3, 0.4) is 0 Å². The van der Waals surface area contributed by atoms with Gasteiger partial charge >= 0.3 is 5.97 Å². The highest BCUT2D eigenvalue weighted by Gasteiger charge is 2.70. The highest BCUT2D eigenvalue weighted by Crippen LogP contribution is 2.76. The number of nitrogens with zero attached hydrogens (tertiary/aromatic N) is 1. The number of rotatable bonds is 6. The average molecular weight is 640 g/mol. The minimum Gasteiger partial charge on any atom is -0.481 e. The summed E-state index contributed by atoms with van der Waals surface area (Å²) in [5.41, 5.74) is 1.76. The SMILES string of the molecule is C=C(C)[C@@H]1CC[C@]2(CO)CC[C@]3(C)[C@H](CC[C@@H]4[C@@]5(C)CCCN(S(=O)(=O)c6ccc(CC(=O)O)cc6)C(C)(C)C5CC[C@]43C)[C@@H]12. The smallest absolute Gasteiger partial charge is 0.307 e. The summed E-state index contributed by atoms with van der Waals surface area (Å²) in [6, 6.07) is 6.45. The van der Waals surface area contributed by atoms with Crippen LogP contribution in [-0.2, 0) is 21.2 Å². The fourth-order valence-electron chi connectivity index (χ4n) is 13.0. The van der Waals surface area contributed by atoms with Gasteiger partial charge in [0.05, 0.1) is 11.3 Å². The first-order valence-corrected chi connectivity index (χ1v) is 19.0. The van der Waals surface area contributed by atoms with Crippen LogP contribution in [0.25, 0.3) is 0 Å². The summed E-state index contributed by atoms with van der Waals surface area (Å²) in [4.78, 5) is 11.4. The zero-order chi connectivity index (χ0) is 32.8. The Balaban J connectivity index is 1.33. The maximum Gasteiger partial charge on any atom is 0.307 e. The molecule has 0 radical (unpaired) electrons. The molecule has 0 spiro atoms. The number of aliphatic carboxylic acids is 1. The molecule has 5 fully saturated rings. The lowest BCUT2D eigenvalue weighted by molar-refractivity contribution is -0.228. The largest absolute Gasteiger partial charge is 0.481 e. The fourth-order valence-corrected chi connectivity index (χ4v) is 14.9. The van der Waals surface area contributed by atoms with Gasteiger partial charge in [-0.2, -0.15) is 4.31 Å². The van der Waals surface area contributed by atoms with Crippen LogP contribution < -0.4 is 0 Å². The maximum absolute atomic E-state index is 14.3. The minimum absolute atomic E-state index is 0.0229. The molecule has 6 nitrogen and oxygen atoms in total. The standard InChI is InChI=1S/C38H57NO5S/c1-25(2)28-15-19-38(24-40)21-20-36(6)29(33(28)38)13-14-31-35(5)17-8-22-39(34(3,4)30(35)16-18-37(31,36)7)45(43,44)27-11-9-26(10-12-27)23-32(41)42/h9-12,28-31,33,40H,1,8,13-24H2,2-7H3,(H,41,42)/t28-,29+,30?,31+,33+,35-,36+,37+,38+/m0/s1. The second kappa shape index (κ2) is 10.9. The van der Waals surface area contributed by atoms with Crippen molar-refractivity contribution in [2.24, 2.45) is 51.2 Å². The van der Waals surface area contributed by atoms with Gasteiger partial charge in [-0.3, -0.25) is 4.79 Å². The molecular weight excluding hydrogens is 582 g/mol. The summed E-state index contributed by atoms with van der Waals surface area (Å²) in [5, 5.41) is 20.0. The predicted octanol–water partition coefficient (Wildman–Crippen LogP) is 7.71. The molecule has 4 aliphatic carbocycles. The molecule has 2 N–H and O–H groups in total. The Bertz CT molecular complexity index is 1450. The van der Waals surface area contributed by atoms with Crippen molar-refractivity contribution in [1.29, 1.82) is 0 Å². The van der Waals surface area contributed by atoms with E-state index < -0.39 is 21.5 Å². The van der Waals surface area contributed by atoms with Gasteiger partial charge in [0, 0.05) is 18.7 Å². The number of carbonyl (C=O) groups is 1. The lowest BCUT2D eigenvalue weighted by Crippen LogP contribution is -2.66. The van der Waals surface area contributed by atoms with Crippen LogP contribution >= 0.6 is 0 Å². The first-order chi connectivity index (χ1) is 21.0. The van der Waals surface area contributed by atoms with Crippen LogP contribution in [0.1, 0.15) is 111 Å². The number of carboxylic acid groups (broad SMARTS) is 1. The van der Waals surface area contributed by atoms with E-state index in [2.05, 4.69) is 48.1 Å². The number of sulfonamides is 1. The van der Waals surface area contributed by atoms with Crippen molar-refractivity contribution in [3.63, 3.8) is 0 Å². The molecule has 4 saturated carbocycles. The summed E-state index contributed by atoms with van der Waals surface area (Å²) in [5.74, 6) is 1.43. The molecule has 1 aromatic carbocycles. The van der Waals surface area contributed by atoms with Crippen LogP contribution in [0.15, 0.2) is 41.3 Å². The van der Waals surface area contributed by atoms with Crippen LogP contribution in [0.5, 0.6) is 0 Å². The van der Waals surface area contributed by atoms with Crippen LogP contribution in [0, 0.1) is 51.2 Å². The van der Waals surface area contributed by atoms with Gasteiger partial charge in [0.15, 0.2) is 0 Å². The third-order valence-electron chi connectivity index (χ3n) is 15.3. The molecule has 250 valence electrons. The molecule has 9 atom stereocenters. The van der Waals surface area contributed by atoms with Gasteiger partial charge in [0.2, 0.25) is 10.0 Å². The Kier molecular flexibility index (Phi) is 8.06. The van der Waals surface area contributed by atoms with Gasteiger partial charge in [-0.05, 0) is 154 Å². The van der Waals surface area contributed by atoms with Gasteiger partial charge in [-0.25, -0.2) is 8.42 Å². The molecule has 1 aliphatic heterocycles. The van der Waals surface area contributed by atoms with Gasteiger partial charge in [-0.1, -0.05) is 45.1 Å². The van der Waals surface area contributed by atoms with Crippen molar-refractivity contribution < 1.29 is 23.4 Å². The Hall–Kier alpha value is -1.70. The number of allylic oxidation sites excluding steroid dienone is 1. The quantitative estimate of drug-likeness (QED) is 0.311. The zero-order valence-corrected chi connectivity index (χ0v) is 29.4. The normalized spacial score (nSPS) is 42.9. The third kappa shape index (κ3) is 4.67. The molecule has 6 rings (SSSR count). The molecule has 45 heavy (non-hydrogen) atoms. The average Bonchev–Trinajstić information content (AvgIpc) is 3.31. The van der Waals surface area contributed by atoms with Crippen molar-refractivity contribution in [3.05, 3.63) is 42.0 Å². The second-order valence-corrected chi connectivity index (χ2v) is 19.1. The molecule has 5 aliphatic rings. The molecule has 0 bridgehead atoms. The lowest BCUT2D eigenvalue weighted by atomic mass is 9.33. The Labute approximate surface area is 272 Å². The zero-order valence-electron chi connectivity index (χ0n) is 28.6. The number of aliphatic hydroxyl groups excluding tert-OH is 1. The molecule has 1 heterocycles. The molecule has 7 heteroatoms. The van der Waals surface area contributed by atoms with E-state index in [4.69, 9.17) is 0 Å². The second-order valence-electron chi connectivity index (χ2n) is 17.3. The van der Waals surface area contributed by atoms with Gasteiger partial charge in [0.25, 0.3) is 0 Å². The van der Waals surface area contributed by atoms with E-state index in [1.54, 1.807) is 28.6 Å². The highest BCUT2D eigenvalue weighted by molar-refractivity contribution is 7.89. The van der Waals surface area contributed by atoms with E-state index in [1.165, 1.54) is 24.8 Å². The summed E-state index contributed by atoms with van der Waals surface area (Å²) in [6.45, 7) is 19.5. The van der Waals surface area contributed by atoms with Crippen molar-refractivity contribution >= 4 is 16.0 Å². The highest BCUT2D eigenvalue weighted by atomic mass is 32.2.